The van der Waals surface area contributed by atoms with Crippen LogP contribution in [0.1, 0.15) is 16.8 Å². The van der Waals surface area contributed by atoms with Crippen molar-refractivity contribution in [1.82, 2.24) is 14.8 Å². The Morgan fingerprint density at radius 3 is 2.86 bits per heavy atom. The predicted molar refractivity (Wildman–Crippen MR) is 103 cm³/mol. The second-order valence-electron chi connectivity index (χ2n) is 6.56. The summed E-state index contributed by atoms with van der Waals surface area (Å²) < 4.78 is 19.8. The number of benzene rings is 1. The Balaban J connectivity index is 1.64. The minimum Gasteiger partial charge on any atom is -0.472 e. The molecule has 1 saturated heterocycles. The maximum absolute atomic E-state index is 14.0. The van der Waals surface area contributed by atoms with Gasteiger partial charge in [0.1, 0.15) is 11.7 Å². The first-order valence-corrected chi connectivity index (χ1v) is 9.08. The van der Waals surface area contributed by atoms with Crippen LogP contribution in [0, 0.1) is 5.82 Å². The van der Waals surface area contributed by atoms with E-state index in [9.17, 15) is 14.0 Å². The second kappa shape index (κ2) is 8.43. The van der Waals surface area contributed by atoms with Crippen LogP contribution < -0.4 is 10.1 Å². The van der Waals surface area contributed by atoms with Gasteiger partial charge in [-0.1, -0.05) is 17.7 Å². The molecule has 2 aromatic rings. The maximum Gasteiger partial charge on any atom is 0.322 e. The molecule has 1 aromatic carbocycles. The van der Waals surface area contributed by atoms with Crippen LogP contribution in [0.4, 0.5) is 14.9 Å². The summed E-state index contributed by atoms with van der Waals surface area (Å²) in [7, 11) is 3.30. The zero-order valence-electron chi connectivity index (χ0n) is 15.5. The van der Waals surface area contributed by atoms with Gasteiger partial charge >= 0.3 is 6.03 Å². The number of carbonyl (C=O) groups is 2. The van der Waals surface area contributed by atoms with Crippen molar-refractivity contribution >= 4 is 29.2 Å². The van der Waals surface area contributed by atoms with Crippen molar-refractivity contribution in [2.45, 2.75) is 12.5 Å². The maximum atomic E-state index is 14.0. The van der Waals surface area contributed by atoms with Crippen LogP contribution in [0.25, 0.3) is 0 Å². The van der Waals surface area contributed by atoms with Gasteiger partial charge in [0.25, 0.3) is 5.91 Å². The van der Waals surface area contributed by atoms with E-state index in [4.69, 9.17) is 16.3 Å². The number of nitrogens with one attached hydrogen (secondary N) is 1. The van der Waals surface area contributed by atoms with Crippen LogP contribution in [0.2, 0.25) is 5.02 Å². The van der Waals surface area contributed by atoms with Crippen LogP contribution in [0.3, 0.4) is 0 Å². The Morgan fingerprint density at radius 1 is 1.32 bits per heavy atom. The number of anilines is 1. The number of carbonyl (C=O) groups excluding carboxylic acids is 2. The molecule has 9 heteroatoms. The number of amides is 3. The molecule has 3 rings (SSSR count). The molecule has 2 heterocycles. The molecule has 1 fully saturated rings. The molecule has 1 aliphatic heterocycles. The van der Waals surface area contributed by atoms with Crippen molar-refractivity contribution in [3.8, 4) is 5.88 Å². The van der Waals surface area contributed by atoms with E-state index in [0.717, 1.165) is 0 Å². The average Bonchev–Trinajstić information content (AvgIpc) is 3.14. The number of hydrogen-bond donors (Lipinski definition) is 1. The fraction of sp³-hybridized carbons (Fsp3) is 0.316. The third-order valence-corrected chi connectivity index (χ3v) is 4.60. The predicted octanol–water partition coefficient (Wildman–Crippen LogP) is 3.26. The van der Waals surface area contributed by atoms with Crippen molar-refractivity contribution in [3.63, 3.8) is 0 Å². The lowest BCUT2D eigenvalue weighted by Gasteiger charge is -2.19. The summed E-state index contributed by atoms with van der Waals surface area (Å²) in [5, 5.41) is 2.46. The molecule has 0 aliphatic carbocycles. The van der Waals surface area contributed by atoms with Gasteiger partial charge in [0.05, 0.1) is 17.3 Å². The number of hydrogen-bond acceptors (Lipinski definition) is 4. The highest BCUT2D eigenvalue weighted by molar-refractivity contribution is 6.31. The molecule has 148 valence electrons. The number of aromatic nitrogens is 1. The van der Waals surface area contributed by atoms with Crippen molar-refractivity contribution in [2.75, 3.05) is 32.5 Å². The number of halogens is 2. The SMILES string of the molecule is CN(C)C(=O)c1cccnc1OC1CCN(C(=O)Nc2cccc(Cl)c2F)C1. The fourth-order valence-corrected chi connectivity index (χ4v) is 3.02. The molecule has 0 saturated carbocycles. The number of ether oxygens (including phenoxy) is 1. The highest BCUT2D eigenvalue weighted by atomic mass is 35.5. The van der Waals surface area contributed by atoms with Crippen LogP contribution in [-0.2, 0) is 0 Å². The molecule has 7 nitrogen and oxygen atoms in total. The first-order valence-electron chi connectivity index (χ1n) is 8.70. The highest BCUT2D eigenvalue weighted by Gasteiger charge is 2.29. The lowest BCUT2D eigenvalue weighted by molar-refractivity contribution is 0.0818. The smallest absolute Gasteiger partial charge is 0.322 e. The molecule has 0 spiro atoms. The Kier molecular flexibility index (Phi) is 5.99. The molecule has 28 heavy (non-hydrogen) atoms. The summed E-state index contributed by atoms with van der Waals surface area (Å²) in [6.45, 7) is 0.725. The summed E-state index contributed by atoms with van der Waals surface area (Å²) >= 11 is 5.74. The van der Waals surface area contributed by atoms with E-state index in [1.165, 1.54) is 21.9 Å². The van der Waals surface area contributed by atoms with Crippen molar-refractivity contribution < 1.29 is 18.7 Å². The van der Waals surface area contributed by atoms with Gasteiger partial charge in [-0.2, -0.15) is 0 Å². The zero-order chi connectivity index (χ0) is 20.3. The van der Waals surface area contributed by atoms with Gasteiger partial charge in [-0.25, -0.2) is 14.2 Å². The van der Waals surface area contributed by atoms with Gasteiger partial charge in [-0.3, -0.25) is 4.79 Å². The third kappa shape index (κ3) is 4.33. The van der Waals surface area contributed by atoms with Crippen LogP contribution >= 0.6 is 11.6 Å². The van der Waals surface area contributed by atoms with E-state index in [-0.39, 0.29) is 28.6 Å². The number of likely N-dealkylation sites (tertiary alicyclic amines) is 1. The molecule has 1 aromatic heterocycles. The molecule has 0 radical (unpaired) electrons. The van der Waals surface area contributed by atoms with Gasteiger partial charge in [-0.15, -0.1) is 0 Å². The summed E-state index contributed by atoms with van der Waals surface area (Å²) in [4.78, 5) is 31.8. The number of pyridine rings is 1. The lowest BCUT2D eigenvalue weighted by Crippen LogP contribution is -2.35. The van der Waals surface area contributed by atoms with Crippen LogP contribution in [-0.4, -0.2) is 60.0 Å². The highest BCUT2D eigenvalue weighted by Crippen LogP contribution is 2.24. The fourth-order valence-electron chi connectivity index (χ4n) is 2.85. The Morgan fingerprint density at radius 2 is 2.11 bits per heavy atom. The topological polar surface area (TPSA) is 74.8 Å². The molecular weight excluding hydrogens is 387 g/mol. The molecule has 1 N–H and O–H groups in total. The summed E-state index contributed by atoms with van der Waals surface area (Å²) in [5.74, 6) is -0.661. The number of nitrogens with zero attached hydrogens (tertiary/aromatic N) is 3. The van der Waals surface area contributed by atoms with Gasteiger partial charge in [-0.05, 0) is 24.3 Å². The van der Waals surface area contributed by atoms with E-state index in [1.807, 2.05) is 0 Å². The van der Waals surface area contributed by atoms with E-state index < -0.39 is 11.8 Å². The standard InChI is InChI=1S/C19H20ClFN4O3/c1-24(2)18(26)13-5-4-9-22-17(13)28-12-8-10-25(11-12)19(27)23-15-7-3-6-14(20)16(15)21/h3-7,9,12H,8,10-11H2,1-2H3,(H,23,27). The third-order valence-electron chi connectivity index (χ3n) is 4.31. The first-order chi connectivity index (χ1) is 13.4. The molecule has 0 bridgehead atoms. The summed E-state index contributed by atoms with van der Waals surface area (Å²) in [5.41, 5.74) is 0.377. The van der Waals surface area contributed by atoms with E-state index in [1.54, 1.807) is 38.5 Å². The van der Waals surface area contributed by atoms with Gasteiger partial charge < -0.3 is 19.9 Å². The summed E-state index contributed by atoms with van der Waals surface area (Å²) in [6.07, 6.45) is 1.79. The minimum atomic E-state index is -0.676. The van der Waals surface area contributed by atoms with Crippen LogP contribution in [0.5, 0.6) is 5.88 Å². The number of rotatable bonds is 4. The first kappa shape index (κ1) is 19.9. The largest absolute Gasteiger partial charge is 0.472 e. The van der Waals surface area contributed by atoms with Crippen molar-refractivity contribution in [2.24, 2.45) is 0 Å². The van der Waals surface area contributed by atoms with Gasteiger partial charge in [0, 0.05) is 33.3 Å². The molecule has 1 aliphatic rings. The number of urea groups is 1. The zero-order valence-corrected chi connectivity index (χ0v) is 16.2. The monoisotopic (exact) mass is 406 g/mol. The van der Waals surface area contributed by atoms with Crippen LogP contribution in [0.15, 0.2) is 36.5 Å². The van der Waals surface area contributed by atoms with E-state index in [2.05, 4.69) is 10.3 Å². The quantitative estimate of drug-likeness (QED) is 0.845. The minimum absolute atomic E-state index is 0.0189. The lowest BCUT2D eigenvalue weighted by atomic mass is 10.2. The molecule has 1 atom stereocenters. The van der Waals surface area contributed by atoms with Crippen molar-refractivity contribution in [1.29, 1.82) is 0 Å². The van der Waals surface area contributed by atoms with Gasteiger partial charge in [0.15, 0.2) is 5.82 Å². The second-order valence-corrected chi connectivity index (χ2v) is 6.97. The Bertz CT molecular complexity index is 893. The summed E-state index contributed by atoms with van der Waals surface area (Å²) in [6, 6.07) is 7.27. The Labute approximate surface area is 167 Å². The Hall–Kier alpha value is -2.87. The normalized spacial score (nSPS) is 16.0. The van der Waals surface area contributed by atoms with E-state index in [0.29, 0.717) is 25.1 Å². The van der Waals surface area contributed by atoms with Gasteiger partial charge in [0.2, 0.25) is 5.88 Å². The van der Waals surface area contributed by atoms with Crippen molar-refractivity contribution in [3.05, 3.63) is 52.9 Å². The molecular formula is C19H20ClFN4O3. The van der Waals surface area contributed by atoms with E-state index >= 15 is 0 Å². The average molecular weight is 407 g/mol. The molecule has 1 unspecified atom stereocenters. The molecule has 3 amide bonds.